The maximum absolute atomic E-state index is 13.5. The Morgan fingerprint density at radius 2 is 1.68 bits per heavy atom. The molecule has 0 unspecified atom stereocenters. The molecule has 0 fully saturated rings. The number of hydrogen-bond acceptors (Lipinski definition) is 1. The van der Waals surface area contributed by atoms with Gasteiger partial charge in [0.15, 0.2) is 23.2 Å². The third kappa shape index (κ3) is 2.67. The number of ketones is 1. The van der Waals surface area contributed by atoms with Crippen molar-refractivity contribution in [3.8, 4) is 0 Å². The Labute approximate surface area is 120 Å². The van der Waals surface area contributed by atoms with Crippen molar-refractivity contribution >= 4 is 33.3 Å². The number of carbonyl (C=O) groups excluding carboxylic acids is 1. The summed E-state index contributed by atoms with van der Waals surface area (Å²) in [6, 6.07) is 5.94. The average Bonchev–Trinajstić information content (AvgIpc) is 2.38. The minimum Gasteiger partial charge on any atom is -0.288 e. The lowest BCUT2D eigenvalue weighted by Gasteiger charge is -2.06. The standard InChI is InChI=1S/C13H5BrClF3O/c14-9-3-1-6(15)5-8(9)13(19)7-2-4-10(16)12(18)11(7)17/h1-5H. The Hall–Kier alpha value is -1.33. The van der Waals surface area contributed by atoms with Gasteiger partial charge in [0.25, 0.3) is 0 Å². The quantitative estimate of drug-likeness (QED) is 0.565. The maximum atomic E-state index is 13.5. The van der Waals surface area contributed by atoms with Crippen molar-refractivity contribution in [2.75, 3.05) is 0 Å². The monoisotopic (exact) mass is 348 g/mol. The first-order chi connectivity index (χ1) is 8.91. The van der Waals surface area contributed by atoms with Crippen molar-refractivity contribution in [3.05, 3.63) is 68.4 Å². The van der Waals surface area contributed by atoms with Crippen molar-refractivity contribution in [3.63, 3.8) is 0 Å². The van der Waals surface area contributed by atoms with Gasteiger partial charge >= 0.3 is 0 Å². The molecule has 0 aromatic heterocycles. The minimum absolute atomic E-state index is 0.0670. The molecule has 0 aliphatic carbocycles. The molecule has 19 heavy (non-hydrogen) atoms. The van der Waals surface area contributed by atoms with Crippen LogP contribution in [0.3, 0.4) is 0 Å². The largest absolute Gasteiger partial charge is 0.288 e. The van der Waals surface area contributed by atoms with E-state index in [0.29, 0.717) is 10.5 Å². The van der Waals surface area contributed by atoms with E-state index in [2.05, 4.69) is 15.9 Å². The number of rotatable bonds is 2. The van der Waals surface area contributed by atoms with Gasteiger partial charge in [0.2, 0.25) is 0 Å². The molecule has 0 saturated carbocycles. The highest BCUT2D eigenvalue weighted by atomic mass is 79.9. The van der Waals surface area contributed by atoms with Gasteiger partial charge in [0.1, 0.15) is 0 Å². The van der Waals surface area contributed by atoms with E-state index < -0.39 is 28.8 Å². The molecule has 0 radical (unpaired) electrons. The van der Waals surface area contributed by atoms with Crippen LogP contribution in [0.2, 0.25) is 5.02 Å². The first-order valence-electron chi connectivity index (χ1n) is 5.05. The summed E-state index contributed by atoms with van der Waals surface area (Å²) in [4.78, 5) is 12.1. The van der Waals surface area contributed by atoms with Crippen LogP contribution in [0.5, 0.6) is 0 Å². The van der Waals surface area contributed by atoms with Crippen LogP contribution >= 0.6 is 27.5 Å². The van der Waals surface area contributed by atoms with Crippen molar-refractivity contribution in [1.82, 2.24) is 0 Å². The molecule has 0 spiro atoms. The third-order valence-corrected chi connectivity index (χ3v) is 3.38. The van der Waals surface area contributed by atoms with Gasteiger partial charge in [-0.05, 0) is 30.3 Å². The van der Waals surface area contributed by atoms with Crippen LogP contribution < -0.4 is 0 Å². The summed E-state index contributed by atoms with van der Waals surface area (Å²) >= 11 is 8.86. The summed E-state index contributed by atoms with van der Waals surface area (Å²) in [5.41, 5.74) is -0.487. The third-order valence-electron chi connectivity index (χ3n) is 2.45. The lowest BCUT2D eigenvalue weighted by atomic mass is 10.0. The Bertz CT molecular complexity index is 673. The molecule has 0 heterocycles. The van der Waals surface area contributed by atoms with Crippen molar-refractivity contribution in [2.24, 2.45) is 0 Å². The van der Waals surface area contributed by atoms with E-state index in [4.69, 9.17) is 11.6 Å². The zero-order chi connectivity index (χ0) is 14.2. The van der Waals surface area contributed by atoms with E-state index in [1.165, 1.54) is 18.2 Å². The fourth-order valence-electron chi connectivity index (χ4n) is 1.52. The van der Waals surface area contributed by atoms with Gasteiger partial charge in [-0.15, -0.1) is 0 Å². The molecule has 0 bridgehead atoms. The summed E-state index contributed by atoms with van der Waals surface area (Å²) in [7, 11) is 0. The van der Waals surface area contributed by atoms with E-state index in [-0.39, 0.29) is 10.6 Å². The molecule has 2 rings (SSSR count). The topological polar surface area (TPSA) is 17.1 Å². The minimum atomic E-state index is -1.68. The number of hydrogen-bond donors (Lipinski definition) is 0. The van der Waals surface area contributed by atoms with Crippen molar-refractivity contribution < 1.29 is 18.0 Å². The van der Waals surface area contributed by atoms with Crippen LogP contribution in [0.4, 0.5) is 13.2 Å². The zero-order valence-corrected chi connectivity index (χ0v) is 11.5. The lowest BCUT2D eigenvalue weighted by molar-refractivity contribution is 0.103. The molecule has 2 aromatic rings. The van der Waals surface area contributed by atoms with Crippen LogP contribution in [0.15, 0.2) is 34.8 Å². The smallest absolute Gasteiger partial charge is 0.197 e. The average molecular weight is 350 g/mol. The highest BCUT2D eigenvalue weighted by Crippen LogP contribution is 2.25. The van der Waals surface area contributed by atoms with Crippen LogP contribution in [0.25, 0.3) is 0 Å². The van der Waals surface area contributed by atoms with Crippen LogP contribution in [-0.2, 0) is 0 Å². The van der Waals surface area contributed by atoms with Crippen molar-refractivity contribution in [1.29, 1.82) is 0 Å². The molecule has 0 aliphatic heterocycles. The zero-order valence-electron chi connectivity index (χ0n) is 9.18. The first kappa shape index (κ1) is 14.1. The maximum Gasteiger partial charge on any atom is 0.197 e. The molecular weight excluding hydrogens is 344 g/mol. The van der Waals surface area contributed by atoms with Gasteiger partial charge in [-0.1, -0.05) is 27.5 Å². The van der Waals surface area contributed by atoms with E-state index >= 15 is 0 Å². The van der Waals surface area contributed by atoms with E-state index in [9.17, 15) is 18.0 Å². The summed E-state index contributed by atoms with van der Waals surface area (Å²) in [5, 5.41) is 0.273. The number of benzene rings is 2. The Balaban J connectivity index is 2.56. The Morgan fingerprint density at radius 1 is 1.00 bits per heavy atom. The van der Waals surface area contributed by atoms with Crippen molar-refractivity contribution in [2.45, 2.75) is 0 Å². The fourth-order valence-corrected chi connectivity index (χ4v) is 2.12. The molecule has 0 aliphatic rings. The molecule has 0 saturated heterocycles. The van der Waals surface area contributed by atoms with Crippen LogP contribution in [0, 0.1) is 17.5 Å². The second-order valence-corrected chi connectivity index (χ2v) is 4.97. The molecule has 0 atom stereocenters. The van der Waals surface area contributed by atoms with E-state index in [1.807, 2.05) is 0 Å². The molecule has 98 valence electrons. The van der Waals surface area contributed by atoms with Gasteiger partial charge < -0.3 is 0 Å². The second-order valence-electron chi connectivity index (χ2n) is 3.68. The molecule has 6 heteroatoms. The highest BCUT2D eigenvalue weighted by Gasteiger charge is 2.21. The van der Waals surface area contributed by atoms with Gasteiger partial charge in [0, 0.05) is 15.1 Å². The van der Waals surface area contributed by atoms with E-state index in [0.717, 1.165) is 6.07 Å². The predicted octanol–water partition coefficient (Wildman–Crippen LogP) is 4.75. The first-order valence-corrected chi connectivity index (χ1v) is 6.22. The molecule has 0 amide bonds. The summed E-state index contributed by atoms with van der Waals surface area (Å²) < 4.78 is 39.8. The number of carbonyl (C=O) groups is 1. The fraction of sp³-hybridized carbons (Fsp3) is 0. The van der Waals surface area contributed by atoms with Gasteiger partial charge in [-0.2, -0.15) is 0 Å². The summed E-state index contributed by atoms with van der Waals surface area (Å²) in [6.45, 7) is 0. The van der Waals surface area contributed by atoms with E-state index in [1.54, 1.807) is 0 Å². The highest BCUT2D eigenvalue weighted by molar-refractivity contribution is 9.10. The SMILES string of the molecule is O=C(c1cc(Cl)ccc1Br)c1ccc(F)c(F)c1F. The molecular formula is C13H5BrClF3O. The molecule has 2 aromatic carbocycles. The van der Waals surface area contributed by atoms with Gasteiger partial charge in [0.05, 0.1) is 5.56 Å². The van der Waals surface area contributed by atoms with Crippen LogP contribution in [0.1, 0.15) is 15.9 Å². The Morgan fingerprint density at radius 3 is 2.37 bits per heavy atom. The van der Waals surface area contributed by atoms with Gasteiger partial charge in [-0.3, -0.25) is 4.79 Å². The normalized spacial score (nSPS) is 10.6. The lowest BCUT2D eigenvalue weighted by Crippen LogP contribution is -2.08. The molecule has 1 nitrogen and oxygen atoms in total. The molecule has 0 N–H and O–H groups in total. The second kappa shape index (κ2) is 5.35. The summed E-state index contributed by atoms with van der Waals surface area (Å²) in [6.07, 6.45) is 0. The predicted molar refractivity (Wildman–Crippen MR) is 68.9 cm³/mol. The van der Waals surface area contributed by atoms with Gasteiger partial charge in [-0.25, -0.2) is 13.2 Å². The Kier molecular flexibility index (Phi) is 3.96. The van der Waals surface area contributed by atoms with Crippen LogP contribution in [-0.4, -0.2) is 5.78 Å². The number of halogens is 5. The summed E-state index contributed by atoms with van der Waals surface area (Å²) in [5.74, 6) is -5.33.